The topological polar surface area (TPSA) is 63.3 Å². The van der Waals surface area contributed by atoms with Gasteiger partial charge in [0.25, 0.3) is 0 Å². The van der Waals surface area contributed by atoms with E-state index in [-0.39, 0.29) is 0 Å². The predicted octanol–water partition coefficient (Wildman–Crippen LogP) is 1.62. The second-order valence-electron chi connectivity index (χ2n) is 4.04. The normalized spacial score (nSPS) is 21.1. The fourth-order valence-electron chi connectivity index (χ4n) is 1.97. The number of hydrogen-bond donors (Lipinski definition) is 2. The van der Waals surface area contributed by atoms with Crippen LogP contribution in [0, 0.1) is 11.3 Å². The Kier molecular flexibility index (Phi) is 3.31. The third-order valence-corrected chi connectivity index (χ3v) is 3.13. The van der Waals surface area contributed by atoms with E-state index in [0.29, 0.717) is 12.5 Å². The number of hydrogen-bond acceptors (Lipinski definition) is 2. The zero-order valence-corrected chi connectivity index (χ0v) is 8.25. The van der Waals surface area contributed by atoms with Crippen molar-refractivity contribution in [3.05, 3.63) is 0 Å². The number of unbranched alkanes of at least 4 members (excludes halogenated alkanes) is 1. The van der Waals surface area contributed by atoms with E-state index in [4.69, 9.17) is 5.73 Å². The summed E-state index contributed by atoms with van der Waals surface area (Å²) in [6, 6.07) is 0. The molecule has 1 saturated carbocycles. The highest BCUT2D eigenvalue weighted by molar-refractivity contribution is 5.75. The number of rotatable bonds is 6. The first kappa shape index (κ1) is 10.5. The maximum absolute atomic E-state index is 11.2. The van der Waals surface area contributed by atoms with E-state index in [2.05, 4.69) is 6.92 Å². The van der Waals surface area contributed by atoms with Crippen LogP contribution in [0.2, 0.25) is 0 Å². The summed E-state index contributed by atoms with van der Waals surface area (Å²) in [5.74, 6) is -0.340. The van der Waals surface area contributed by atoms with Crippen LogP contribution in [-0.2, 0) is 4.79 Å². The van der Waals surface area contributed by atoms with E-state index in [9.17, 15) is 9.90 Å². The minimum Gasteiger partial charge on any atom is -0.481 e. The Morgan fingerprint density at radius 2 is 2.23 bits per heavy atom. The number of carbonyl (C=O) groups is 1. The van der Waals surface area contributed by atoms with Crippen LogP contribution in [0.3, 0.4) is 0 Å². The van der Waals surface area contributed by atoms with Crippen molar-refractivity contribution in [1.29, 1.82) is 0 Å². The van der Waals surface area contributed by atoms with Crippen molar-refractivity contribution in [2.45, 2.75) is 39.0 Å². The molecule has 0 bridgehead atoms. The van der Waals surface area contributed by atoms with Crippen LogP contribution in [0.1, 0.15) is 39.0 Å². The highest BCUT2D eigenvalue weighted by atomic mass is 16.4. The minimum atomic E-state index is -0.689. The largest absolute Gasteiger partial charge is 0.481 e. The molecule has 1 atom stereocenters. The van der Waals surface area contributed by atoms with Crippen LogP contribution in [0.4, 0.5) is 0 Å². The molecule has 0 saturated heterocycles. The van der Waals surface area contributed by atoms with Crippen molar-refractivity contribution < 1.29 is 9.90 Å². The average molecular weight is 185 g/mol. The molecule has 0 heterocycles. The second-order valence-corrected chi connectivity index (χ2v) is 4.04. The van der Waals surface area contributed by atoms with Crippen molar-refractivity contribution in [2.75, 3.05) is 6.54 Å². The highest BCUT2D eigenvalue weighted by Gasteiger charge is 2.49. The molecule has 3 nitrogen and oxygen atoms in total. The third-order valence-electron chi connectivity index (χ3n) is 3.13. The van der Waals surface area contributed by atoms with Gasteiger partial charge in [-0.25, -0.2) is 0 Å². The zero-order chi connectivity index (χ0) is 9.90. The first-order chi connectivity index (χ1) is 6.17. The molecule has 3 heteroatoms. The van der Waals surface area contributed by atoms with E-state index in [1.165, 1.54) is 0 Å². The predicted molar refractivity (Wildman–Crippen MR) is 51.4 cm³/mol. The summed E-state index contributed by atoms with van der Waals surface area (Å²) < 4.78 is 0. The van der Waals surface area contributed by atoms with Gasteiger partial charge in [-0.05, 0) is 25.2 Å². The summed E-state index contributed by atoms with van der Waals surface area (Å²) >= 11 is 0. The lowest BCUT2D eigenvalue weighted by atomic mass is 9.78. The SMILES string of the molecule is CCCCC(CN)(C(=O)O)C1CC1. The van der Waals surface area contributed by atoms with Crippen molar-refractivity contribution >= 4 is 5.97 Å². The summed E-state index contributed by atoms with van der Waals surface area (Å²) in [7, 11) is 0. The molecule has 1 unspecified atom stereocenters. The lowest BCUT2D eigenvalue weighted by Crippen LogP contribution is -2.40. The molecule has 0 aromatic rings. The standard InChI is InChI=1S/C10H19NO2/c1-2-3-6-10(7-11,9(12)13)8-4-5-8/h8H,2-7,11H2,1H3,(H,12,13). The molecule has 0 radical (unpaired) electrons. The number of carboxylic acid groups (broad SMARTS) is 1. The van der Waals surface area contributed by atoms with Gasteiger partial charge in [-0.2, -0.15) is 0 Å². The van der Waals surface area contributed by atoms with Crippen molar-refractivity contribution in [3.8, 4) is 0 Å². The lowest BCUT2D eigenvalue weighted by molar-refractivity contribution is -0.150. The van der Waals surface area contributed by atoms with Gasteiger partial charge in [0, 0.05) is 6.54 Å². The van der Waals surface area contributed by atoms with Crippen molar-refractivity contribution in [3.63, 3.8) is 0 Å². The molecule has 0 spiro atoms. The summed E-state index contributed by atoms with van der Waals surface area (Å²) in [6.45, 7) is 2.38. The quantitative estimate of drug-likeness (QED) is 0.661. The van der Waals surface area contributed by atoms with Gasteiger partial charge in [-0.1, -0.05) is 19.8 Å². The summed E-state index contributed by atoms with van der Waals surface area (Å²) in [5.41, 5.74) is 5.01. The lowest BCUT2D eigenvalue weighted by Gasteiger charge is -2.27. The van der Waals surface area contributed by atoms with E-state index in [0.717, 1.165) is 32.1 Å². The Morgan fingerprint density at radius 1 is 1.62 bits per heavy atom. The van der Waals surface area contributed by atoms with Crippen LogP contribution in [0.25, 0.3) is 0 Å². The second kappa shape index (κ2) is 4.09. The van der Waals surface area contributed by atoms with Crippen molar-refractivity contribution in [2.24, 2.45) is 17.1 Å². The third kappa shape index (κ3) is 2.02. The van der Waals surface area contributed by atoms with Crippen molar-refractivity contribution in [1.82, 2.24) is 0 Å². The molecule has 1 aliphatic rings. The van der Waals surface area contributed by atoms with Gasteiger partial charge in [0.15, 0.2) is 0 Å². The van der Waals surface area contributed by atoms with E-state index < -0.39 is 11.4 Å². The number of aliphatic carboxylic acids is 1. The van der Waals surface area contributed by atoms with E-state index in [1.807, 2.05) is 0 Å². The van der Waals surface area contributed by atoms with Crippen LogP contribution < -0.4 is 5.73 Å². The Morgan fingerprint density at radius 3 is 2.54 bits per heavy atom. The molecule has 0 amide bonds. The van der Waals surface area contributed by atoms with Crippen LogP contribution in [-0.4, -0.2) is 17.6 Å². The maximum atomic E-state index is 11.2. The molecule has 0 aliphatic heterocycles. The molecule has 0 aromatic carbocycles. The molecule has 1 fully saturated rings. The fraction of sp³-hybridized carbons (Fsp3) is 0.900. The number of nitrogens with two attached hydrogens (primary N) is 1. The van der Waals surface area contributed by atoms with Gasteiger partial charge in [0.2, 0.25) is 0 Å². The Hall–Kier alpha value is -0.570. The first-order valence-electron chi connectivity index (χ1n) is 5.11. The zero-order valence-electron chi connectivity index (χ0n) is 8.25. The molecule has 1 rings (SSSR count). The maximum Gasteiger partial charge on any atom is 0.311 e. The molecular formula is C10H19NO2. The van der Waals surface area contributed by atoms with E-state index >= 15 is 0 Å². The van der Waals surface area contributed by atoms with E-state index in [1.54, 1.807) is 0 Å². The first-order valence-corrected chi connectivity index (χ1v) is 5.11. The highest BCUT2D eigenvalue weighted by Crippen LogP contribution is 2.48. The van der Waals surface area contributed by atoms with Gasteiger partial charge >= 0.3 is 5.97 Å². The monoisotopic (exact) mass is 185 g/mol. The summed E-state index contributed by atoms with van der Waals surface area (Å²) in [4.78, 5) is 11.2. The average Bonchev–Trinajstić information content (AvgIpc) is 2.90. The number of carboxylic acids is 1. The Bertz CT molecular complexity index is 189. The fourth-order valence-corrected chi connectivity index (χ4v) is 1.97. The molecule has 13 heavy (non-hydrogen) atoms. The van der Waals surface area contributed by atoms with Crippen LogP contribution >= 0.6 is 0 Å². The molecule has 76 valence electrons. The molecule has 0 aromatic heterocycles. The summed E-state index contributed by atoms with van der Waals surface area (Å²) in [5, 5.41) is 9.18. The molecule has 1 aliphatic carbocycles. The van der Waals surface area contributed by atoms with Gasteiger partial charge in [-0.15, -0.1) is 0 Å². The smallest absolute Gasteiger partial charge is 0.311 e. The van der Waals surface area contributed by atoms with Gasteiger partial charge < -0.3 is 10.8 Å². The Labute approximate surface area is 79.3 Å². The summed E-state index contributed by atoms with van der Waals surface area (Å²) in [6.07, 6.45) is 4.86. The Balaban J connectivity index is 2.64. The minimum absolute atomic E-state index is 0.299. The van der Waals surface area contributed by atoms with Gasteiger partial charge in [0.05, 0.1) is 5.41 Å². The van der Waals surface area contributed by atoms with Gasteiger partial charge in [-0.3, -0.25) is 4.79 Å². The van der Waals surface area contributed by atoms with Gasteiger partial charge in [0.1, 0.15) is 0 Å². The van der Waals surface area contributed by atoms with Crippen LogP contribution in [0.5, 0.6) is 0 Å². The molecular weight excluding hydrogens is 166 g/mol. The van der Waals surface area contributed by atoms with Crippen LogP contribution in [0.15, 0.2) is 0 Å². The molecule has 3 N–H and O–H groups in total.